The molecule has 0 bridgehead atoms. The Morgan fingerprint density at radius 3 is 2.24 bits per heavy atom. The highest BCUT2D eigenvalue weighted by Gasteiger charge is 2.28. The van der Waals surface area contributed by atoms with E-state index in [0.29, 0.717) is 5.56 Å². The number of carbonyl (C=O) groups excluding carboxylic acids is 2. The van der Waals surface area contributed by atoms with Crippen molar-refractivity contribution in [2.45, 2.75) is 19.0 Å². The Labute approximate surface area is 142 Å². The lowest BCUT2D eigenvalue weighted by atomic mass is 10.1. The number of ketones is 1. The van der Waals surface area contributed by atoms with Crippen LogP contribution in [-0.2, 0) is 4.79 Å². The Morgan fingerprint density at radius 1 is 0.920 bits per heavy atom. The number of Topliss-reactive ketones (excluding diaryl/α,β-unsaturated/α-hetero) is 1. The summed E-state index contributed by atoms with van der Waals surface area (Å²) in [5.74, 6) is -0.743. The molecule has 132 valence electrons. The number of hydrogen-bond donors (Lipinski definition) is 1. The number of carbonyl (C=O) groups is 2. The molecule has 0 saturated heterocycles. The summed E-state index contributed by atoms with van der Waals surface area (Å²) in [6.07, 6.45) is -4.55. The van der Waals surface area contributed by atoms with Crippen LogP contribution in [0.15, 0.2) is 54.6 Å². The van der Waals surface area contributed by atoms with E-state index in [-0.39, 0.29) is 30.1 Å². The Bertz CT molecular complexity index is 730. The van der Waals surface area contributed by atoms with Gasteiger partial charge in [0.05, 0.1) is 5.69 Å². The zero-order chi connectivity index (χ0) is 18.3. The van der Waals surface area contributed by atoms with Gasteiger partial charge in [0.1, 0.15) is 5.75 Å². The lowest BCUT2D eigenvalue weighted by molar-refractivity contribution is -0.153. The van der Waals surface area contributed by atoms with E-state index in [1.807, 2.05) is 0 Å². The third-order valence-corrected chi connectivity index (χ3v) is 3.23. The quantitative estimate of drug-likeness (QED) is 0.760. The Morgan fingerprint density at radius 2 is 1.56 bits per heavy atom. The van der Waals surface area contributed by atoms with Crippen LogP contribution in [0.3, 0.4) is 0 Å². The number of rotatable bonds is 7. The van der Waals surface area contributed by atoms with Gasteiger partial charge in [0.2, 0.25) is 5.91 Å². The first-order valence-electron chi connectivity index (χ1n) is 7.52. The van der Waals surface area contributed by atoms with E-state index in [1.54, 1.807) is 36.4 Å². The van der Waals surface area contributed by atoms with Gasteiger partial charge in [-0.3, -0.25) is 9.59 Å². The molecule has 7 heteroatoms. The van der Waals surface area contributed by atoms with Crippen LogP contribution in [0.2, 0.25) is 0 Å². The number of halogens is 3. The number of nitrogens with one attached hydrogen (secondary N) is 1. The van der Waals surface area contributed by atoms with Crippen LogP contribution >= 0.6 is 0 Å². The molecule has 4 nitrogen and oxygen atoms in total. The maximum Gasteiger partial charge on any atom is 0.422 e. The van der Waals surface area contributed by atoms with Crippen LogP contribution in [0.5, 0.6) is 5.75 Å². The maximum atomic E-state index is 12.3. The van der Waals surface area contributed by atoms with Crippen LogP contribution in [0, 0.1) is 0 Å². The molecule has 2 aromatic carbocycles. The lowest BCUT2D eigenvalue weighted by Gasteiger charge is -2.13. The molecule has 1 N–H and O–H groups in total. The Hall–Kier alpha value is -2.83. The highest BCUT2D eigenvalue weighted by Crippen LogP contribution is 2.26. The van der Waals surface area contributed by atoms with Gasteiger partial charge in [0, 0.05) is 18.4 Å². The fourth-order valence-corrected chi connectivity index (χ4v) is 2.06. The van der Waals surface area contributed by atoms with E-state index in [0.717, 1.165) is 0 Å². The normalized spacial score (nSPS) is 11.0. The van der Waals surface area contributed by atoms with Crippen molar-refractivity contribution in [1.29, 1.82) is 0 Å². The van der Waals surface area contributed by atoms with Crippen molar-refractivity contribution >= 4 is 17.4 Å². The average molecular weight is 351 g/mol. The van der Waals surface area contributed by atoms with Gasteiger partial charge in [-0.1, -0.05) is 42.5 Å². The molecule has 0 atom stereocenters. The molecule has 0 heterocycles. The molecule has 0 saturated carbocycles. The molecule has 0 aliphatic rings. The van der Waals surface area contributed by atoms with Crippen molar-refractivity contribution in [1.82, 2.24) is 0 Å². The third kappa shape index (κ3) is 6.29. The fourth-order valence-electron chi connectivity index (χ4n) is 2.06. The maximum absolute atomic E-state index is 12.3. The molecule has 0 unspecified atom stereocenters. The smallest absolute Gasteiger partial charge is 0.422 e. The molecule has 2 rings (SSSR count). The van der Waals surface area contributed by atoms with Crippen LogP contribution in [0.4, 0.5) is 18.9 Å². The molecule has 25 heavy (non-hydrogen) atoms. The molecule has 0 fully saturated rings. The minimum absolute atomic E-state index is 0.00141. The van der Waals surface area contributed by atoms with Crippen molar-refractivity contribution in [3.63, 3.8) is 0 Å². The predicted octanol–water partition coefficient (Wildman–Crippen LogP) is 4.23. The Kier molecular flexibility index (Phi) is 6.16. The van der Waals surface area contributed by atoms with E-state index in [2.05, 4.69) is 5.32 Å². The second-order valence-corrected chi connectivity index (χ2v) is 5.24. The summed E-state index contributed by atoms with van der Waals surface area (Å²) in [4.78, 5) is 23.9. The minimum atomic E-state index is -4.47. The first kappa shape index (κ1) is 18.5. The van der Waals surface area contributed by atoms with Crippen molar-refractivity contribution in [2.75, 3.05) is 11.9 Å². The van der Waals surface area contributed by atoms with Crippen molar-refractivity contribution < 1.29 is 27.5 Å². The summed E-state index contributed by atoms with van der Waals surface area (Å²) < 4.78 is 41.5. The number of anilines is 1. The van der Waals surface area contributed by atoms with Gasteiger partial charge in [-0.15, -0.1) is 0 Å². The number of ether oxygens (including phenoxy) is 1. The highest BCUT2D eigenvalue weighted by molar-refractivity contribution is 6.00. The standard InChI is InChI=1S/C18H16F3NO3/c19-18(20,21)12-25-16-9-5-4-8-14(16)22-17(24)11-10-15(23)13-6-2-1-3-7-13/h1-9H,10-12H2,(H,22,24). The van der Waals surface area contributed by atoms with E-state index < -0.39 is 18.7 Å². The monoisotopic (exact) mass is 351 g/mol. The molecular formula is C18H16F3NO3. The van der Waals surface area contributed by atoms with Crippen LogP contribution in [-0.4, -0.2) is 24.5 Å². The number of hydrogen-bond acceptors (Lipinski definition) is 3. The van der Waals surface area contributed by atoms with Crippen LogP contribution < -0.4 is 10.1 Å². The fraction of sp³-hybridized carbons (Fsp3) is 0.222. The zero-order valence-corrected chi connectivity index (χ0v) is 13.2. The molecule has 0 spiro atoms. The SMILES string of the molecule is O=C(CCC(=O)c1ccccc1)Nc1ccccc1OCC(F)(F)F. The largest absolute Gasteiger partial charge is 0.482 e. The van der Waals surface area contributed by atoms with Crippen molar-refractivity contribution in [2.24, 2.45) is 0 Å². The van der Waals surface area contributed by atoms with E-state index in [4.69, 9.17) is 4.74 Å². The van der Waals surface area contributed by atoms with Gasteiger partial charge in [0.25, 0.3) is 0 Å². The van der Waals surface area contributed by atoms with Gasteiger partial charge in [0.15, 0.2) is 12.4 Å². The summed E-state index contributed by atoms with van der Waals surface area (Å²) in [5.41, 5.74) is 0.633. The average Bonchev–Trinajstić information content (AvgIpc) is 2.59. The first-order valence-corrected chi connectivity index (χ1v) is 7.52. The minimum Gasteiger partial charge on any atom is -0.482 e. The summed E-state index contributed by atoms with van der Waals surface area (Å²) in [7, 11) is 0. The first-order chi connectivity index (χ1) is 11.8. The zero-order valence-electron chi connectivity index (χ0n) is 13.2. The number of amides is 1. The topological polar surface area (TPSA) is 55.4 Å². The van der Waals surface area contributed by atoms with Gasteiger partial charge in [-0.2, -0.15) is 13.2 Å². The number of para-hydroxylation sites is 2. The van der Waals surface area contributed by atoms with Crippen molar-refractivity contribution in [3.8, 4) is 5.75 Å². The molecule has 0 aliphatic heterocycles. The molecular weight excluding hydrogens is 335 g/mol. The van der Waals surface area contributed by atoms with Gasteiger partial charge in [-0.25, -0.2) is 0 Å². The van der Waals surface area contributed by atoms with E-state index in [1.165, 1.54) is 18.2 Å². The van der Waals surface area contributed by atoms with Crippen LogP contribution in [0.25, 0.3) is 0 Å². The molecule has 0 aliphatic carbocycles. The molecule has 2 aromatic rings. The van der Waals surface area contributed by atoms with Gasteiger partial charge >= 0.3 is 6.18 Å². The number of benzene rings is 2. The Balaban J connectivity index is 1.91. The third-order valence-electron chi connectivity index (χ3n) is 3.23. The highest BCUT2D eigenvalue weighted by atomic mass is 19.4. The summed E-state index contributed by atoms with van der Waals surface area (Å²) in [6.45, 7) is -1.45. The molecule has 0 radical (unpaired) electrons. The van der Waals surface area contributed by atoms with E-state index in [9.17, 15) is 22.8 Å². The summed E-state index contributed by atoms with van der Waals surface area (Å²) >= 11 is 0. The van der Waals surface area contributed by atoms with Gasteiger partial charge in [-0.05, 0) is 12.1 Å². The summed E-state index contributed by atoms with van der Waals surface area (Å²) in [5, 5.41) is 2.47. The number of alkyl halides is 3. The van der Waals surface area contributed by atoms with Crippen molar-refractivity contribution in [3.05, 3.63) is 60.2 Å². The molecule has 0 aromatic heterocycles. The van der Waals surface area contributed by atoms with Crippen LogP contribution in [0.1, 0.15) is 23.2 Å². The molecule has 1 amide bonds. The second-order valence-electron chi connectivity index (χ2n) is 5.24. The lowest BCUT2D eigenvalue weighted by Crippen LogP contribution is -2.20. The van der Waals surface area contributed by atoms with Gasteiger partial charge < -0.3 is 10.1 Å². The summed E-state index contributed by atoms with van der Waals surface area (Å²) in [6, 6.07) is 14.4. The van der Waals surface area contributed by atoms with E-state index >= 15 is 0 Å². The predicted molar refractivity (Wildman–Crippen MR) is 86.6 cm³/mol. The second kappa shape index (κ2) is 8.32.